The maximum atomic E-state index is 6.06. The lowest BCUT2D eigenvalue weighted by atomic mass is 9.93. The highest BCUT2D eigenvalue weighted by Crippen LogP contribution is 2.33. The minimum absolute atomic E-state index is 0.520. The van der Waals surface area contributed by atoms with Crippen LogP contribution in [0.2, 0.25) is 4.34 Å². The first-order valence-corrected chi connectivity index (χ1v) is 9.03. The first kappa shape index (κ1) is 16.8. The SMILES string of the molecule is COc1ccc([C@@H]2CN(Cc3ccc(Cl)s3)C[C@H]2N(C)C)cc1. The van der Waals surface area contributed by atoms with Crippen LogP contribution in [0.25, 0.3) is 0 Å². The quantitative estimate of drug-likeness (QED) is 0.812. The molecule has 0 aliphatic carbocycles. The molecule has 23 heavy (non-hydrogen) atoms. The minimum Gasteiger partial charge on any atom is -0.497 e. The van der Waals surface area contributed by atoms with E-state index in [9.17, 15) is 0 Å². The molecule has 2 atom stereocenters. The summed E-state index contributed by atoms with van der Waals surface area (Å²) in [6.45, 7) is 3.14. The van der Waals surface area contributed by atoms with Gasteiger partial charge in [0.25, 0.3) is 0 Å². The summed E-state index contributed by atoms with van der Waals surface area (Å²) in [5, 5.41) is 0. The van der Waals surface area contributed by atoms with Crippen molar-refractivity contribution >= 4 is 22.9 Å². The average Bonchev–Trinajstić information content (AvgIpc) is 3.14. The zero-order valence-corrected chi connectivity index (χ0v) is 15.4. The number of hydrogen-bond donors (Lipinski definition) is 0. The normalized spacial score (nSPS) is 22.0. The van der Waals surface area contributed by atoms with E-state index in [-0.39, 0.29) is 0 Å². The predicted molar refractivity (Wildman–Crippen MR) is 97.8 cm³/mol. The van der Waals surface area contributed by atoms with E-state index in [0.717, 1.165) is 29.7 Å². The Hall–Kier alpha value is -1.07. The third kappa shape index (κ3) is 3.89. The molecular formula is C18H23ClN2OS. The van der Waals surface area contributed by atoms with Crippen molar-refractivity contribution in [3.63, 3.8) is 0 Å². The van der Waals surface area contributed by atoms with Crippen molar-refractivity contribution in [2.45, 2.75) is 18.5 Å². The number of halogens is 1. The van der Waals surface area contributed by atoms with Gasteiger partial charge in [0, 0.05) is 36.5 Å². The maximum Gasteiger partial charge on any atom is 0.118 e. The van der Waals surface area contributed by atoms with Crippen LogP contribution in [0.15, 0.2) is 36.4 Å². The van der Waals surface area contributed by atoms with Crippen molar-refractivity contribution in [2.24, 2.45) is 0 Å². The molecule has 0 saturated carbocycles. The second kappa shape index (κ2) is 7.22. The Kier molecular flexibility index (Phi) is 5.27. The maximum absolute atomic E-state index is 6.06. The van der Waals surface area contributed by atoms with Crippen LogP contribution in [0.4, 0.5) is 0 Å². The fourth-order valence-electron chi connectivity index (χ4n) is 3.35. The summed E-state index contributed by atoms with van der Waals surface area (Å²) in [5.41, 5.74) is 1.39. The molecule has 0 unspecified atom stereocenters. The Morgan fingerprint density at radius 2 is 1.91 bits per heavy atom. The molecular weight excluding hydrogens is 328 g/mol. The highest BCUT2D eigenvalue weighted by Gasteiger charge is 2.35. The molecule has 3 rings (SSSR count). The van der Waals surface area contributed by atoms with E-state index in [1.807, 2.05) is 6.07 Å². The second-order valence-electron chi connectivity index (χ2n) is 6.31. The van der Waals surface area contributed by atoms with Crippen LogP contribution in [-0.2, 0) is 6.54 Å². The lowest BCUT2D eigenvalue weighted by Crippen LogP contribution is -2.34. The molecule has 5 heteroatoms. The van der Waals surface area contributed by atoms with Crippen molar-refractivity contribution in [1.29, 1.82) is 0 Å². The van der Waals surface area contributed by atoms with E-state index >= 15 is 0 Å². The molecule has 2 aromatic rings. The van der Waals surface area contributed by atoms with Crippen molar-refractivity contribution in [2.75, 3.05) is 34.3 Å². The predicted octanol–water partition coefficient (Wildman–Crippen LogP) is 3.94. The summed E-state index contributed by atoms with van der Waals surface area (Å²) in [6.07, 6.45) is 0. The summed E-state index contributed by atoms with van der Waals surface area (Å²) in [7, 11) is 6.06. The number of likely N-dealkylation sites (N-methyl/N-ethyl adjacent to an activating group) is 1. The molecule has 1 aliphatic rings. The Labute approximate surface area is 147 Å². The Morgan fingerprint density at radius 1 is 1.17 bits per heavy atom. The van der Waals surface area contributed by atoms with E-state index in [4.69, 9.17) is 16.3 Å². The summed E-state index contributed by atoms with van der Waals surface area (Å²) in [6, 6.07) is 13.2. The molecule has 0 bridgehead atoms. The fraction of sp³-hybridized carbons (Fsp3) is 0.444. The third-order valence-corrected chi connectivity index (χ3v) is 5.80. The molecule has 1 aromatic carbocycles. The fourth-order valence-corrected chi connectivity index (χ4v) is 4.48. The summed E-state index contributed by atoms with van der Waals surface area (Å²) < 4.78 is 6.15. The Balaban J connectivity index is 1.75. The van der Waals surface area contributed by atoms with Gasteiger partial charge in [-0.3, -0.25) is 4.90 Å². The van der Waals surface area contributed by atoms with E-state index in [1.165, 1.54) is 10.4 Å². The van der Waals surface area contributed by atoms with Crippen LogP contribution in [0.1, 0.15) is 16.4 Å². The topological polar surface area (TPSA) is 15.7 Å². The molecule has 0 amide bonds. The zero-order chi connectivity index (χ0) is 16.4. The monoisotopic (exact) mass is 350 g/mol. The summed E-state index contributed by atoms with van der Waals surface area (Å²) in [4.78, 5) is 6.21. The van der Waals surface area contributed by atoms with Gasteiger partial charge in [0.2, 0.25) is 0 Å². The van der Waals surface area contributed by atoms with Gasteiger partial charge in [-0.15, -0.1) is 11.3 Å². The number of ether oxygens (including phenoxy) is 1. The number of nitrogens with zero attached hydrogens (tertiary/aromatic N) is 2. The van der Waals surface area contributed by atoms with Crippen molar-refractivity contribution in [1.82, 2.24) is 9.80 Å². The molecule has 0 spiro atoms. The molecule has 1 fully saturated rings. The first-order valence-electron chi connectivity index (χ1n) is 7.84. The van der Waals surface area contributed by atoms with Crippen LogP contribution in [-0.4, -0.2) is 50.1 Å². The van der Waals surface area contributed by atoms with Gasteiger partial charge in [-0.2, -0.15) is 0 Å². The number of methoxy groups -OCH3 is 1. The van der Waals surface area contributed by atoms with Gasteiger partial charge < -0.3 is 9.64 Å². The third-order valence-electron chi connectivity index (χ3n) is 4.58. The van der Waals surface area contributed by atoms with Crippen LogP contribution < -0.4 is 4.74 Å². The number of hydrogen-bond acceptors (Lipinski definition) is 4. The number of rotatable bonds is 5. The molecule has 0 radical (unpaired) electrons. The zero-order valence-electron chi connectivity index (χ0n) is 13.8. The highest BCUT2D eigenvalue weighted by molar-refractivity contribution is 7.16. The van der Waals surface area contributed by atoms with Crippen molar-refractivity contribution < 1.29 is 4.74 Å². The van der Waals surface area contributed by atoms with Gasteiger partial charge in [-0.05, 0) is 43.9 Å². The lowest BCUT2D eigenvalue weighted by Gasteiger charge is -2.25. The van der Waals surface area contributed by atoms with Crippen LogP contribution >= 0.6 is 22.9 Å². The molecule has 124 valence electrons. The molecule has 2 heterocycles. The van der Waals surface area contributed by atoms with Gasteiger partial charge in [0.05, 0.1) is 11.4 Å². The average molecular weight is 351 g/mol. The van der Waals surface area contributed by atoms with Gasteiger partial charge in [0.1, 0.15) is 5.75 Å². The standard InChI is InChI=1S/C18H23ClN2OS/c1-20(2)17-12-21(10-15-8-9-18(19)23-15)11-16(17)13-4-6-14(22-3)7-5-13/h4-9,16-17H,10-12H2,1-3H3/t16-,17+/m0/s1. The number of likely N-dealkylation sites (tertiary alicyclic amines) is 1. The minimum atomic E-state index is 0.520. The molecule has 0 N–H and O–H groups in total. The Bertz CT molecular complexity index is 641. The van der Waals surface area contributed by atoms with E-state index in [1.54, 1.807) is 18.4 Å². The van der Waals surface area contributed by atoms with Crippen molar-refractivity contribution in [3.8, 4) is 5.75 Å². The van der Waals surface area contributed by atoms with E-state index in [2.05, 4.69) is 54.2 Å². The van der Waals surface area contributed by atoms with Gasteiger partial charge in [-0.1, -0.05) is 23.7 Å². The van der Waals surface area contributed by atoms with Gasteiger partial charge in [0.15, 0.2) is 0 Å². The van der Waals surface area contributed by atoms with E-state index in [0.29, 0.717) is 12.0 Å². The van der Waals surface area contributed by atoms with Crippen LogP contribution in [0.5, 0.6) is 5.75 Å². The first-order chi connectivity index (χ1) is 11.1. The summed E-state index contributed by atoms with van der Waals surface area (Å²) >= 11 is 7.74. The molecule has 3 nitrogen and oxygen atoms in total. The molecule has 1 saturated heterocycles. The van der Waals surface area contributed by atoms with Crippen LogP contribution in [0.3, 0.4) is 0 Å². The highest BCUT2D eigenvalue weighted by atomic mass is 35.5. The molecule has 1 aromatic heterocycles. The second-order valence-corrected chi connectivity index (χ2v) is 8.11. The van der Waals surface area contributed by atoms with Crippen LogP contribution in [0, 0.1) is 0 Å². The van der Waals surface area contributed by atoms with Crippen molar-refractivity contribution in [3.05, 3.63) is 51.2 Å². The Morgan fingerprint density at radius 3 is 2.48 bits per heavy atom. The number of benzene rings is 1. The lowest BCUT2D eigenvalue weighted by molar-refractivity contribution is 0.260. The largest absolute Gasteiger partial charge is 0.497 e. The smallest absolute Gasteiger partial charge is 0.118 e. The molecule has 1 aliphatic heterocycles. The van der Waals surface area contributed by atoms with E-state index < -0.39 is 0 Å². The van der Waals surface area contributed by atoms with Gasteiger partial charge >= 0.3 is 0 Å². The van der Waals surface area contributed by atoms with Gasteiger partial charge in [-0.25, -0.2) is 0 Å². The number of thiophene rings is 1. The summed E-state index contributed by atoms with van der Waals surface area (Å²) in [5.74, 6) is 1.43.